The summed E-state index contributed by atoms with van der Waals surface area (Å²) in [5.41, 5.74) is 6.49. The molecule has 1 atom stereocenters. The molecule has 0 bridgehead atoms. The lowest BCUT2D eigenvalue weighted by Crippen LogP contribution is -2.17. The molecule has 0 fully saturated rings. The zero-order valence-corrected chi connectivity index (χ0v) is 11.7. The summed E-state index contributed by atoms with van der Waals surface area (Å²) in [5.74, 6) is 1.18. The summed E-state index contributed by atoms with van der Waals surface area (Å²) >= 11 is 3.32. The molecule has 5 heteroatoms. The highest BCUT2D eigenvalue weighted by Gasteiger charge is 2.08. The third-order valence-electron chi connectivity index (χ3n) is 2.68. The van der Waals surface area contributed by atoms with Crippen LogP contribution in [0.15, 0.2) is 16.7 Å². The number of aliphatic hydroxyl groups excluding tert-OH is 1. The maximum atomic E-state index is 8.98. The summed E-state index contributed by atoms with van der Waals surface area (Å²) in [6.07, 6.45) is 4.76. The van der Waals surface area contributed by atoms with E-state index in [4.69, 9.17) is 10.8 Å². The van der Waals surface area contributed by atoms with Gasteiger partial charge in [0.1, 0.15) is 5.82 Å². The molecule has 0 aromatic carbocycles. The van der Waals surface area contributed by atoms with Gasteiger partial charge in [0.15, 0.2) is 0 Å². The number of pyridine rings is 1. The van der Waals surface area contributed by atoms with Crippen molar-refractivity contribution < 1.29 is 5.11 Å². The number of aliphatic hydroxyl groups is 1. The second-order valence-corrected chi connectivity index (χ2v) is 5.05. The van der Waals surface area contributed by atoms with Gasteiger partial charge in [0, 0.05) is 23.8 Å². The normalized spacial score (nSPS) is 12.4. The van der Waals surface area contributed by atoms with Gasteiger partial charge in [-0.3, -0.25) is 0 Å². The van der Waals surface area contributed by atoms with Gasteiger partial charge in [-0.2, -0.15) is 0 Å². The molecule has 0 aliphatic heterocycles. The fourth-order valence-electron chi connectivity index (χ4n) is 1.78. The smallest absolute Gasteiger partial charge is 0.149 e. The van der Waals surface area contributed by atoms with Crippen molar-refractivity contribution in [2.24, 2.45) is 5.92 Å². The van der Waals surface area contributed by atoms with E-state index in [2.05, 4.69) is 33.2 Å². The molecule has 4 nitrogen and oxygen atoms in total. The van der Waals surface area contributed by atoms with Crippen LogP contribution in [0.1, 0.15) is 26.2 Å². The molecule has 96 valence electrons. The minimum absolute atomic E-state index is 0.232. The second-order valence-electron chi connectivity index (χ2n) is 4.14. The van der Waals surface area contributed by atoms with Crippen molar-refractivity contribution >= 4 is 27.4 Å². The van der Waals surface area contributed by atoms with Crippen LogP contribution in [-0.4, -0.2) is 23.2 Å². The van der Waals surface area contributed by atoms with Gasteiger partial charge in [0.25, 0.3) is 0 Å². The van der Waals surface area contributed by atoms with Crippen LogP contribution in [0.5, 0.6) is 0 Å². The van der Waals surface area contributed by atoms with E-state index < -0.39 is 0 Å². The lowest BCUT2D eigenvalue weighted by Gasteiger charge is -2.16. The van der Waals surface area contributed by atoms with Crippen molar-refractivity contribution in [2.75, 3.05) is 24.2 Å². The van der Waals surface area contributed by atoms with Crippen molar-refractivity contribution in [1.29, 1.82) is 0 Å². The number of halogens is 1. The quantitative estimate of drug-likeness (QED) is 0.724. The van der Waals surface area contributed by atoms with E-state index in [0.29, 0.717) is 17.4 Å². The molecular formula is C12H20BrN3O. The standard InChI is InChI=1S/C12H20BrN3O/c1-2-3-9(4-5-17)7-15-12-11(14)6-10(13)8-16-12/h6,8-9,17H,2-5,7,14H2,1H3,(H,15,16). The van der Waals surface area contributed by atoms with E-state index in [1.54, 1.807) is 6.20 Å². The minimum atomic E-state index is 0.232. The Morgan fingerprint density at radius 3 is 2.88 bits per heavy atom. The number of nitrogens with zero attached hydrogens (tertiary/aromatic N) is 1. The predicted octanol–water partition coefficient (Wildman–Crippen LogP) is 2.64. The van der Waals surface area contributed by atoms with Crippen LogP contribution >= 0.6 is 15.9 Å². The Morgan fingerprint density at radius 1 is 1.53 bits per heavy atom. The monoisotopic (exact) mass is 301 g/mol. The van der Waals surface area contributed by atoms with Crippen molar-refractivity contribution in [1.82, 2.24) is 4.98 Å². The Bertz CT molecular complexity index is 341. The number of nitrogens with two attached hydrogens (primary N) is 1. The molecule has 1 aromatic rings. The van der Waals surface area contributed by atoms with Gasteiger partial charge >= 0.3 is 0 Å². The van der Waals surface area contributed by atoms with E-state index in [9.17, 15) is 0 Å². The Labute approximate surface area is 111 Å². The molecule has 1 rings (SSSR count). The molecule has 17 heavy (non-hydrogen) atoms. The average Bonchev–Trinajstić information content (AvgIpc) is 2.28. The number of rotatable bonds is 7. The average molecular weight is 302 g/mol. The van der Waals surface area contributed by atoms with E-state index in [0.717, 1.165) is 30.3 Å². The summed E-state index contributed by atoms with van der Waals surface area (Å²) in [6.45, 7) is 3.18. The third-order valence-corrected chi connectivity index (χ3v) is 3.11. The second kappa shape index (κ2) is 7.50. The molecule has 0 aliphatic rings. The van der Waals surface area contributed by atoms with Crippen LogP contribution in [0.3, 0.4) is 0 Å². The van der Waals surface area contributed by atoms with E-state index in [1.165, 1.54) is 0 Å². The molecule has 1 aromatic heterocycles. The molecule has 1 unspecified atom stereocenters. The number of nitrogens with one attached hydrogen (secondary N) is 1. The number of aromatic nitrogens is 1. The molecule has 0 amide bonds. The molecule has 1 heterocycles. The van der Waals surface area contributed by atoms with Gasteiger partial charge in [-0.15, -0.1) is 0 Å². The fraction of sp³-hybridized carbons (Fsp3) is 0.583. The Hall–Kier alpha value is -0.810. The minimum Gasteiger partial charge on any atom is -0.396 e. The predicted molar refractivity (Wildman–Crippen MR) is 74.9 cm³/mol. The lowest BCUT2D eigenvalue weighted by molar-refractivity contribution is 0.255. The first-order valence-corrected chi connectivity index (χ1v) is 6.72. The SMILES string of the molecule is CCCC(CCO)CNc1ncc(Br)cc1N. The third kappa shape index (κ3) is 4.91. The molecule has 0 radical (unpaired) electrons. The van der Waals surface area contributed by atoms with Crippen LogP contribution in [0.25, 0.3) is 0 Å². The maximum absolute atomic E-state index is 8.98. The van der Waals surface area contributed by atoms with E-state index in [-0.39, 0.29) is 6.61 Å². The number of anilines is 2. The van der Waals surface area contributed by atoms with Crippen LogP contribution in [-0.2, 0) is 0 Å². The Kier molecular flexibility index (Phi) is 6.29. The van der Waals surface area contributed by atoms with E-state index >= 15 is 0 Å². The largest absolute Gasteiger partial charge is 0.396 e. The summed E-state index contributed by atoms with van der Waals surface area (Å²) in [6, 6.07) is 1.83. The van der Waals surface area contributed by atoms with Gasteiger partial charge in [-0.25, -0.2) is 4.98 Å². The van der Waals surface area contributed by atoms with Crippen LogP contribution in [0.2, 0.25) is 0 Å². The molecular weight excluding hydrogens is 282 g/mol. The summed E-state index contributed by atoms with van der Waals surface area (Å²) in [5, 5.41) is 12.2. The van der Waals surface area contributed by atoms with Crippen molar-refractivity contribution in [3.05, 3.63) is 16.7 Å². The van der Waals surface area contributed by atoms with Crippen LogP contribution < -0.4 is 11.1 Å². The topological polar surface area (TPSA) is 71.2 Å². The van der Waals surface area contributed by atoms with Gasteiger partial charge in [-0.1, -0.05) is 13.3 Å². The molecule has 0 saturated heterocycles. The van der Waals surface area contributed by atoms with Gasteiger partial charge in [0.05, 0.1) is 5.69 Å². The van der Waals surface area contributed by atoms with Gasteiger partial charge in [-0.05, 0) is 40.8 Å². The summed E-state index contributed by atoms with van der Waals surface area (Å²) in [4.78, 5) is 4.22. The van der Waals surface area contributed by atoms with Crippen molar-refractivity contribution in [3.63, 3.8) is 0 Å². The van der Waals surface area contributed by atoms with Gasteiger partial charge < -0.3 is 16.2 Å². The summed E-state index contributed by atoms with van der Waals surface area (Å²) in [7, 11) is 0. The number of nitrogen functional groups attached to an aromatic ring is 1. The zero-order chi connectivity index (χ0) is 12.7. The zero-order valence-electron chi connectivity index (χ0n) is 10.1. The summed E-state index contributed by atoms with van der Waals surface area (Å²) < 4.78 is 0.876. The molecule has 4 N–H and O–H groups in total. The fourth-order valence-corrected chi connectivity index (χ4v) is 2.13. The maximum Gasteiger partial charge on any atom is 0.149 e. The molecule has 0 aliphatic carbocycles. The first kappa shape index (κ1) is 14.3. The van der Waals surface area contributed by atoms with Crippen molar-refractivity contribution in [3.8, 4) is 0 Å². The Balaban J connectivity index is 2.52. The molecule has 0 saturated carbocycles. The lowest BCUT2D eigenvalue weighted by atomic mass is 10.0. The first-order chi connectivity index (χ1) is 8.17. The highest BCUT2D eigenvalue weighted by molar-refractivity contribution is 9.10. The number of hydrogen-bond donors (Lipinski definition) is 3. The highest BCUT2D eigenvalue weighted by atomic mass is 79.9. The molecule has 0 spiro atoms. The van der Waals surface area contributed by atoms with Gasteiger partial charge in [0.2, 0.25) is 0 Å². The highest BCUT2D eigenvalue weighted by Crippen LogP contribution is 2.21. The van der Waals surface area contributed by atoms with E-state index in [1.807, 2.05) is 6.07 Å². The number of hydrogen-bond acceptors (Lipinski definition) is 4. The Morgan fingerprint density at radius 2 is 2.29 bits per heavy atom. The first-order valence-electron chi connectivity index (χ1n) is 5.93. The van der Waals surface area contributed by atoms with Crippen molar-refractivity contribution in [2.45, 2.75) is 26.2 Å². The van der Waals surface area contributed by atoms with Crippen LogP contribution in [0.4, 0.5) is 11.5 Å². The van der Waals surface area contributed by atoms with Crippen LogP contribution in [0, 0.1) is 5.92 Å².